The minimum Gasteiger partial charge on any atom is -0.496 e. The van der Waals surface area contributed by atoms with Crippen molar-refractivity contribution in [3.63, 3.8) is 0 Å². The fourth-order valence-electron chi connectivity index (χ4n) is 6.34. The van der Waals surface area contributed by atoms with Crippen molar-refractivity contribution in [3.05, 3.63) is 93.8 Å². The smallest absolute Gasteiger partial charge is 0.280 e. The zero-order chi connectivity index (χ0) is 27.9. The number of aryl methyl sites for hydroxylation is 1. The number of amides is 2. The van der Waals surface area contributed by atoms with Crippen LogP contribution in [0.25, 0.3) is 11.4 Å². The number of carbonyl (C=O) groups excluding carboxylic acids is 2. The maximum absolute atomic E-state index is 14.4. The van der Waals surface area contributed by atoms with E-state index in [0.717, 1.165) is 11.1 Å². The Morgan fingerprint density at radius 3 is 2.58 bits per heavy atom. The van der Waals surface area contributed by atoms with Crippen molar-refractivity contribution >= 4 is 34.8 Å². The van der Waals surface area contributed by atoms with E-state index in [9.17, 15) is 9.59 Å². The summed E-state index contributed by atoms with van der Waals surface area (Å²) in [6, 6.07) is 19.0. The highest BCUT2D eigenvalue weighted by atomic mass is 35.5. The van der Waals surface area contributed by atoms with Crippen molar-refractivity contribution in [2.75, 3.05) is 17.3 Å². The van der Waals surface area contributed by atoms with Gasteiger partial charge in [-0.05, 0) is 87.1 Å². The van der Waals surface area contributed by atoms with Crippen LogP contribution in [0, 0.1) is 6.92 Å². The molecule has 0 bridgehead atoms. The summed E-state index contributed by atoms with van der Waals surface area (Å²) in [7, 11) is 1.66. The van der Waals surface area contributed by atoms with Crippen LogP contribution in [0.4, 0.5) is 11.4 Å². The zero-order valence-electron chi connectivity index (χ0n) is 22.8. The van der Waals surface area contributed by atoms with Gasteiger partial charge in [0.1, 0.15) is 11.6 Å². The Balaban J connectivity index is 1.54. The molecule has 1 spiro atoms. The highest BCUT2D eigenvalue weighted by Gasteiger charge is 2.64. The molecule has 7 rings (SSSR count). The number of imidazole rings is 1. The Morgan fingerprint density at radius 2 is 1.88 bits per heavy atom. The Kier molecular flexibility index (Phi) is 5.42. The number of anilines is 2. The molecule has 1 aliphatic carbocycles. The van der Waals surface area contributed by atoms with Gasteiger partial charge in [-0.15, -0.1) is 0 Å². The van der Waals surface area contributed by atoms with Crippen LogP contribution in [-0.4, -0.2) is 28.5 Å². The summed E-state index contributed by atoms with van der Waals surface area (Å²) < 4.78 is 7.88. The van der Waals surface area contributed by atoms with E-state index in [1.54, 1.807) is 36.3 Å². The molecule has 1 fully saturated rings. The van der Waals surface area contributed by atoms with Crippen molar-refractivity contribution in [2.24, 2.45) is 0 Å². The molecular weight excluding hydrogens is 524 g/mol. The molecule has 0 radical (unpaired) electrons. The number of methoxy groups -OCH3 is 1. The maximum Gasteiger partial charge on any atom is 0.280 e. The van der Waals surface area contributed by atoms with E-state index in [2.05, 4.69) is 17.4 Å². The fraction of sp³-hybridized carbons (Fsp3) is 0.281. The molecule has 1 atom stereocenters. The van der Waals surface area contributed by atoms with Crippen molar-refractivity contribution < 1.29 is 14.3 Å². The second-order valence-electron chi connectivity index (χ2n) is 11.2. The Labute approximate surface area is 237 Å². The van der Waals surface area contributed by atoms with Gasteiger partial charge in [0.05, 0.1) is 18.4 Å². The average molecular weight is 553 g/mol. The Hall–Kier alpha value is -4.10. The molecule has 1 N–H and O–H groups in total. The third-order valence-electron chi connectivity index (χ3n) is 8.23. The summed E-state index contributed by atoms with van der Waals surface area (Å²) in [5, 5.41) is 3.55. The van der Waals surface area contributed by atoms with Gasteiger partial charge in [0.15, 0.2) is 11.2 Å². The van der Waals surface area contributed by atoms with E-state index in [1.807, 2.05) is 49.6 Å². The van der Waals surface area contributed by atoms with Crippen LogP contribution in [-0.2, 0) is 10.3 Å². The van der Waals surface area contributed by atoms with Gasteiger partial charge in [-0.2, -0.15) is 0 Å². The standard InChI is InChI=1S/C32H29ClN4O3/c1-17(2)36-28-27(35-29(36)23-12-11-20(19-9-10-19)15-26(23)40-4)30(38)37(22-7-5-6-21(33)16-22)32(28)24-13-8-18(3)14-25(24)34-31(32)39/h5-8,11-17,19H,9-10H2,1-4H3,(H,34,39). The number of nitrogens with one attached hydrogen (secondary N) is 1. The lowest BCUT2D eigenvalue weighted by Crippen LogP contribution is -2.51. The molecule has 2 amide bonds. The number of carbonyl (C=O) groups is 2. The van der Waals surface area contributed by atoms with Gasteiger partial charge in [-0.25, -0.2) is 4.98 Å². The van der Waals surface area contributed by atoms with Gasteiger partial charge in [-0.1, -0.05) is 35.9 Å². The molecular formula is C32H29ClN4O3. The van der Waals surface area contributed by atoms with Crippen LogP contribution in [0.5, 0.6) is 5.75 Å². The number of aromatic nitrogens is 2. The topological polar surface area (TPSA) is 76.5 Å². The monoisotopic (exact) mass is 552 g/mol. The van der Waals surface area contributed by atoms with Gasteiger partial charge in [0.25, 0.3) is 11.8 Å². The molecule has 0 saturated heterocycles. The van der Waals surface area contributed by atoms with Crippen LogP contribution in [0.2, 0.25) is 5.02 Å². The summed E-state index contributed by atoms with van der Waals surface area (Å²) >= 11 is 6.40. The predicted molar refractivity (Wildman–Crippen MR) is 155 cm³/mol. The molecule has 40 heavy (non-hydrogen) atoms. The number of benzene rings is 3. The van der Waals surface area contributed by atoms with Gasteiger partial charge in [0.2, 0.25) is 0 Å². The predicted octanol–water partition coefficient (Wildman–Crippen LogP) is 6.83. The van der Waals surface area contributed by atoms with E-state index in [4.69, 9.17) is 21.3 Å². The second kappa shape index (κ2) is 8.70. The number of nitrogens with zero attached hydrogens (tertiary/aromatic N) is 3. The number of hydrogen-bond donors (Lipinski definition) is 1. The summed E-state index contributed by atoms with van der Waals surface area (Å²) in [5.41, 5.74) is 4.30. The lowest BCUT2D eigenvalue weighted by atomic mass is 9.86. The summed E-state index contributed by atoms with van der Waals surface area (Å²) in [6.07, 6.45) is 2.36. The molecule has 3 aliphatic rings. The number of halogens is 1. The highest BCUT2D eigenvalue weighted by molar-refractivity contribution is 6.31. The number of fused-ring (bicyclic) bond motifs is 4. The lowest BCUT2D eigenvalue weighted by molar-refractivity contribution is -0.119. The third kappa shape index (κ3) is 3.33. The first-order valence-corrected chi connectivity index (χ1v) is 14.0. The molecule has 1 unspecified atom stereocenters. The molecule has 3 heterocycles. The van der Waals surface area contributed by atoms with E-state index >= 15 is 0 Å². The first kappa shape index (κ1) is 24.9. The van der Waals surface area contributed by atoms with E-state index in [1.165, 1.54) is 18.4 Å². The highest BCUT2D eigenvalue weighted by Crippen LogP contribution is 2.54. The van der Waals surface area contributed by atoms with E-state index in [0.29, 0.717) is 45.1 Å². The van der Waals surface area contributed by atoms with Crippen LogP contribution >= 0.6 is 11.6 Å². The van der Waals surface area contributed by atoms with Gasteiger partial charge < -0.3 is 14.6 Å². The molecule has 4 aromatic rings. The SMILES string of the molecule is COc1cc(C2CC2)ccc1-c1nc2c(n1C(C)C)C1(C(=O)Nc3cc(C)ccc31)N(c1cccc(Cl)c1)C2=O. The molecule has 2 aliphatic heterocycles. The summed E-state index contributed by atoms with van der Waals surface area (Å²) in [4.78, 5) is 35.3. The number of rotatable bonds is 5. The molecule has 1 saturated carbocycles. The van der Waals surface area contributed by atoms with Gasteiger partial charge in [0, 0.05) is 28.0 Å². The van der Waals surface area contributed by atoms with E-state index in [-0.39, 0.29) is 23.6 Å². The van der Waals surface area contributed by atoms with Crippen LogP contribution in [0.1, 0.15) is 71.5 Å². The molecule has 8 heteroatoms. The third-order valence-corrected chi connectivity index (χ3v) is 8.47. The Morgan fingerprint density at radius 1 is 1.07 bits per heavy atom. The first-order valence-electron chi connectivity index (χ1n) is 13.6. The average Bonchev–Trinajstić information content (AvgIpc) is 3.58. The van der Waals surface area contributed by atoms with Crippen molar-refractivity contribution in [2.45, 2.75) is 51.1 Å². The Bertz CT molecular complexity index is 1740. The van der Waals surface area contributed by atoms with Crippen LogP contribution < -0.4 is 15.0 Å². The lowest BCUT2D eigenvalue weighted by Gasteiger charge is -2.35. The second-order valence-corrected chi connectivity index (χ2v) is 11.6. The van der Waals surface area contributed by atoms with Gasteiger partial charge >= 0.3 is 0 Å². The van der Waals surface area contributed by atoms with Crippen LogP contribution in [0.3, 0.4) is 0 Å². The largest absolute Gasteiger partial charge is 0.496 e. The zero-order valence-corrected chi connectivity index (χ0v) is 23.5. The molecule has 202 valence electrons. The minimum absolute atomic E-state index is 0.120. The summed E-state index contributed by atoms with van der Waals surface area (Å²) in [5.74, 6) is 1.22. The minimum atomic E-state index is -1.46. The van der Waals surface area contributed by atoms with Crippen LogP contribution in [0.15, 0.2) is 60.7 Å². The van der Waals surface area contributed by atoms with Crippen molar-refractivity contribution in [1.82, 2.24) is 9.55 Å². The first-order chi connectivity index (χ1) is 19.2. The van der Waals surface area contributed by atoms with Crippen molar-refractivity contribution in [3.8, 4) is 17.1 Å². The van der Waals surface area contributed by atoms with E-state index < -0.39 is 5.54 Å². The normalized spacial score (nSPS) is 19.4. The molecule has 3 aromatic carbocycles. The fourth-order valence-corrected chi connectivity index (χ4v) is 6.53. The number of hydrogen-bond acceptors (Lipinski definition) is 4. The molecule has 7 nitrogen and oxygen atoms in total. The molecule has 1 aromatic heterocycles. The maximum atomic E-state index is 14.4. The number of ether oxygens (including phenoxy) is 1. The van der Waals surface area contributed by atoms with Crippen molar-refractivity contribution in [1.29, 1.82) is 0 Å². The van der Waals surface area contributed by atoms with Gasteiger partial charge in [-0.3, -0.25) is 14.5 Å². The summed E-state index contributed by atoms with van der Waals surface area (Å²) in [6.45, 7) is 6.06. The quantitative estimate of drug-likeness (QED) is 0.294.